The van der Waals surface area contributed by atoms with Crippen LogP contribution in [-0.4, -0.2) is 53.8 Å². The van der Waals surface area contributed by atoms with Gasteiger partial charge in [0.25, 0.3) is 0 Å². The van der Waals surface area contributed by atoms with Crippen molar-refractivity contribution >= 4 is 35.8 Å². The highest BCUT2D eigenvalue weighted by molar-refractivity contribution is 6.30. The lowest BCUT2D eigenvalue weighted by Gasteiger charge is -2.35. The summed E-state index contributed by atoms with van der Waals surface area (Å²) >= 11 is 5.97. The van der Waals surface area contributed by atoms with E-state index in [1.807, 2.05) is 24.3 Å². The van der Waals surface area contributed by atoms with Gasteiger partial charge in [0.1, 0.15) is 0 Å². The van der Waals surface area contributed by atoms with Gasteiger partial charge in [0, 0.05) is 24.7 Å². The van der Waals surface area contributed by atoms with Gasteiger partial charge in [0.2, 0.25) is 11.8 Å². The molecule has 0 bridgehead atoms. The molecule has 2 amide bonds. The van der Waals surface area contributed by atoms with Gasteiger partial charge in [-0.05, 0) is 37.1 Å². The van der Waals surface area contributed by atoms with Crippen molar-refractivity contribution in [3.05, 3.63) is 34.9 Å². The maximum Gasteiger partial charge on any atom is 0.242 e. The Morgan fingerprint density at radius 2 is 2.17 bits per heavy atom. The number of benzene rings is 1. The number of amides is 2. The van der Waals surface area contributed by atoms with E-state index in [2.05, 4.69) is 5.32 Å². The lowest BCUT2D eigenvalue weighted by Crippen LogP contribution is -2.55. The molecule has 0 spiro atoms. The molecule has 0 aromatic heterocycles. The minimum atomic E-state index is -0.104. The highest BCUT2D eigenvalue weighted by Gasteiger charge is 2.32. The average Bonchev–Trinajstić information content (AvgIpc) is 3.03. The lowest BCUT2D eigenvalue weighted by atomic mass is 10.1. The molecule has 1 aromatic carbocycles. The molecular weight excluding hydrogens is 337 g/mol. The van der Waals surface area contributed by atoms with E-state index in [1.54, 1.807) is 9.80 Å². The number of piperazine rings is 1. The number of halogens is 2. The third-order valence-corrected chi connectivity index (χ3v) is 4.49. The number of nitrogens with zero attached hydrogens (tertiary/aromatic N) is 2. The van der Waals surface area contributed by atoms with Crippen LogP contribution < -0.4 is 5.32 Å². The monoisotopic (exact) mass is 357 g/mol. The number of nitrogens with one attached hydrogen (secondary N) is 1. The third kappa shape index (κ3) is 4.37. The van der Waals surface area contributed by atoms with Crippen molar-refractivity contribution in [3.63, 3.8) is 0 Å². The fraction of sp³-hybridized carbons (Fsp3) is 0.500. The molecule has 5 nitrogen and oxygen atoms in total. The van der Waals surface area contributed by atoms with E-state index >= 15 is 0 Å². The van der Waals surface area contributed by atoms with Gasteiger partial charge in [0.05, 0.1) is 12.6 Å². The van der Waals surface area contributed by atoms with E-state index < -0.39 is 0 Å². The number of rotatable bonds is 3. The van der Waals surface area contributed by atoms with Crippen LogP contribution in [-0.2, 0) is 16.1 Å². The zero-order valence-corrected chi connectivity index (χ0v) is 14.4. The van der Waals surface area contributed by atoms with Gasteiger partial charge < -0.3 is 15.1 Å². The molecule has 2 fully saturated rings. The highest BCUT2D eigenvalue weighted by atomic mass is 35.5. The molecule has 2 saturated heterocycles. The second-order valence-electron chi connectivity index (χ2n) is 5.85. The normalized spacial score (nSPS) is 21.3. The smallest absolute Gasteiger partial charge is 0.242 e. The zero-order valence-electron chi connectivity index (χ0n) is 12.8. The van der Waals surface area contributed by atoms with E-state index in [9.17, 15) is 9.59 Å². The highest BCUT2D eigenvalue weighted by Crippen LogP contribution is 2.16. The summed E-state index contributed by atoms with van der Waals surface area (Å²) in [6.07, 6.45) is 1.90. The lowest BCUT2D eigenvalue weighted by molar-refractivity contribution is -0.146. The molecule has 126 valence electrons. The van der Waals surface area contributed by atoms with Gasteiger partial charge in [-0.3, -0.25) is 9.59 Å². The Kier molecular flexibility index (Phi) is 6.27. The van der Waals surface area contributed by atoms with Gasteiger partial charge in [-0.1, -0.05) is 23.7 Å². The Hall–Kier alpha value is -1.30. The Morgan fingerprint density at radius 3 is 2.83 bits per heavy atom. The van der Waals surface area contributed by atoms with Crippen molar-refractivity contribution in [1.82, 2.24) is 15.1 Å². The topological polar surface area (TPSA) is 52.7 Å². The van der Waals surface area contributed by atoms with Crippen molar-refractivity contribution in [2.45, 2.75) is 25.4 Å². The van der Waals surface area contributed by atoms with Crippen LogP contribution in [0.1, 0.15) is 18.4 Å². The van der Waals surface area contributed by atoms with Gasteiger partial charge >= 0.3 is 0 Å². The molecule has 1 atom stereocenters. The predicted octanol–water partition coefficient (Wildman–Crippen LogP) is 1.68. The molecule has 1 aromatic rings. The van der Waals surface area contributed by atoms with Gasteiger partial charge in [-0.15, -0.1) is 12.4 Å². The van der Waals surface area contributed by atoms with Gasteiger partial charge in [0.15, 0.2) is 0 Å². The Labute approximate surface area is 147 Å². The SMILES string of the molecule is Cl.O=C1CN(C(=O)C2CCCN2)CCN1Cc1cccc(Cl)c1. The second-order valence-corrected chi connectivity index (χ2v) is 6.29. The van der Waals surface area contributed by atoms with E-state index in [4.69, 9.17) is 11.6 Å². The van der Waals surface area contributed by atoms with Crippen molar-refractivity contribution in [3.8, 4) is 0 Å². The summed E-state index contributed by atoms with van der Waals surface area (Å²) in [5, 5.41) is 3.87. The van der Waals surface area contributed by atoms with Crippen LogP contribution in [0.15, 0.2) is 24.3 Å². The summed E-state index contributed by atoms with van der Waals surface area (Å²) in [4.78, 5) is 28.1. The molecule has 2 aliphatic heterocycles. The fourth-order valence-corrected chi connectivity index (χ4v) is 3.25. The van der Waals surface area contributed by atoms with Crippen LogP contribution in [0.25, 0.3) is 0 Å². The first-order valence-electron chi connectivity index (χ1n) is 7.68. The number of hydrogen-bond donors (Lipinski definition) is 1. The molecule has 2 heterocycles. The van der Waals surface area contributed by atoms with Crippen LogP contribution >= 0.6 is 24.0 Å². The number of carbonyl (C=O) groups is 2. The van der Waals surface area contributed by atoms with Gasteiger partial charge in [-0.25, -0.2) is 0 Å². The maximum atomic E-state index is 12.3. The van der Waals surface area contributed by atoms with Crippen LogP contribution in [0.4, 0.5) is 0 Å². The first-order valence-corrected chi connectivity index (χ1v) is 8.05. The zero-order chi connectivity index (χ0) is 15.5. The summed E-state index contributed by atoms with van der Waals surface area (Å²) in [6.45, 7) is 2.78. The molecule has 0 aliphatic carbocycles. The summed E-state index contributed by atoms with van der Waals surface area (Å²) in [7, 11) is 0. The molecule has 1 unspecified atom stereocenters. The molecule has 0 radical (unpaired) electrons. The summed E-state index contributed by atoms with van der Waals surface area (Å²) in [5.74, 6) is 0.0610. The van der Waals surface area contributed by atoms with Crippen molar-refractivity contribution in [2.75, 3.05) is 26.2 Å². The average molecular weight is 358 g/mol. The predicted molar refractivity (Wildman–Crippen MR) is 91.7 cm³/mol. The maximum absolute atomic E-state index is 12.3. The quantitative estimate of drug-likeness (QED) is 0.895. The number of carbonyl (C=O) groups excluding carboxylic acids is 2. The summed E-state index contributed by atoms with van der Waals surface area (Å²) < 4.78 is 0. The van der Waals surface area contributed by atoms with E-state index in [0.717, 1.165) is 24.9 Å². The van der Waals surface area contributed by atoms with Crippen molar-refractivity contribution in [1.29, 1.82) is 0 Å². The van der Waals surface area contributed by atoms with Crippen LogP contribution in [0.2, 0.25) is 5.02 Å². The molecule has 2 aliphatic rings. The molecule has 23 heavy (non-hydrogen) atoms. The van der Waals surface area contributed by atoms with Crippen molar-refractivity contribution < 1.29 is 9.59 Å². The Bertz CT molecular complexity index is 576. The molecule has 1 N–H and O–H groups in total. The molecule has 7 heteroatoms. The van der Waals surface area contributed by atoms with E-state index in [1.165, 1.54) is 0 Å². The number of hydrogen-bond acceptors (Lipinski definition) is 3. The first-order chi connectivity index (χ1) is 10.6. The van der Waals surface area contributed by atoms with Crippen LogP contribution in [0.5, 0.6) is 0 Å². The standard InChI is InChI=1S/C16H20ClN3O2.ClH/c17-13-4-1-3-12(9-13)10-19-7-8-20(11-15(19)21)16(22)14-5-2-6-18-14;/h1,3-4,9,14,18H,2,5-8,10-11H2;1H. The summed E-state index contributed by atoms with van der Waals surface area (Å²) in [5.41, 5.74) is 1.01. The largest absolute Gasteiger partial charge is 0.335 e. The molecule has 3 rings (SSSR count). The fourth-order valence-electron chi connectivity index (χ4n) is 3.04. The van der Waals surface area contributed by atoms with E-state index in [-0.39, 0.29) is 36.8 Å². The molecule has 0 saturated carbocycles. The minimum absolute atomic E-state index is 0. The van der Waals surface area contributed by atoms with Crippen molar-refractivity contribution in [2.24, 2.45) is 0 Å². The Balaban J connectivity index is 0.00000192. The first kappa shape index (κ1) is 18.0. The summed E-state index contributed by atoms with van der Waals surface area (Å²) in [6, 6.07) is 7.42. The Morgan fingerprint density at radius 1 is 1.35 bits per heavy atom. The minimum Gasteiger partial charge on any atom is -0.335 e. The van der Waals surface area contributed by atoms with Crippen LogP contribution in [0.3, 0.4) is 0 Å². The van der Waals surface area contributed by atoms with E-state index in [0.29, 0.717) is 24.7 Å². The molecular formula is C16H21Cl2N3O2. The third-order valence-electron chi connectivity index (χ3n) is 4.25. The van der Waals surface area contributed by atoms with Gasteiger partial charge in [-0.2, -0.15) is 0 Å². The second kappa shape index (κ2) is 7.99. The van der Waals surface area contributed by atoms with Crippen LogP contribution in [0, 0.1) is 0 Å².